The molecule has 2 heterocycles. The van der Waals surface area contributed by atoms with Gasteiger partial charge in [-0.05, 0) is 31.5 Å². The molecular weight excluding hydrogens is 216 g/mol. The number of nitrogens with two attached hydrogens (primary N) is 1. The number of aryl methyl sites for hydroxylation is 2. The molecule has 0 spiro atoms. The van der Waals surface area contributed by atoms with Crippen LogP contribution in [-0.4, -0.2) is 15.0 Å². The first-order valence-corrected chi connectivity index (χ1v) is 4.68. The van der Waals surface area contributed by atoms with E-state index in [-0.39, 0.29) is 11.2 Å². The predicted molar refractivity (Wildman–Crippen MR) is 56.4 cm³/mol. The molecule has 2 N–H and O–H groups in total. The van der Waals surface area contributed by atoms with Crippen molar-refractivity contribution in [2.45, 2.75) is 13.8 Å². The van der Waals surface area contributed by atoms with Crippen molar-refractivity contribution in [1.82, 2.24) is 15.0 Å². The number of aromatic nitrogens is 3. The van der Waals surface area contributed by atoms with Crippen molar-refractivity contribution in [2.75, 3.05) is 5.73 Å². The first-order chi connectivity index (χ1) is 7.06. The van der Waals surface area contributed by atoms with Gasteiger partial charge in [0.1, 0.15) is 11.5 Å². The van der Waals surface area contributed by atoms with Gasteiger partial charge in [0.2, 0.25) is 11.2 Å². The minimum absolute atomic E-state index is 0.0794. The molecule has 2 aromatic rings. The van der Waals surface area contributed by atoms with Crippen LogP contribution in [0, 0.1) is 13.8 Å². The Bertz CT molecular complexity index is 489. The first kappa shape index (κ1) is 9.92. The molecule has 5 nitrogen and oxygen atoms in total. The van der Waals surface area contributed by atoms with E-state index in [1.807, 2.05) is 19.9 Å². The molecule has 0 bridgehead atoms. The largest absolute Gasteiger partial charge is 0.466 e. The van der Waals surface area contributed by atoms with E-state index in [0.29, 0.717) is 5.82 Å². The summed E-state index contributed by atoms with van der Waals surface area (Å²) >= 11 is 5.69. The Morgan fingerprint density at radius 3 is 2.53 bits per heavy atom. The summed E-state index contributed by atoms with van der Waals surface area (Å²) < 4.78 is 5.36. The summed E-state index contributed by atoms with van der Waals surface area (Å²) in [6.45, 7) is 3.68. The molecule has 0 aliphatic rings. The Labute approximate surface area is 91.3 Å². The molecule has 0 aromatic carbocycles. The quantitative estimate of drug-likeness (QED) is 0.802. The minimum atomic E-state index is 0.0794. The zero-order valence-corrected chi connectivity index (χ0v) is 9.04. The number of rotatable bonds is 1. The lowest BCUT2D eigenvalue weighted by atomic mass is 10.2. The van der Waals surface area contributed by atoms with Gasteiger partial charge in [0.05, 0.1) is 5.56 Å². The Balaban J connectivity index is 2.58. The Morgan fingerprint density at radius 2 is 2.00 bits per heavy atom. The van der Waals surface area contributed by atoms with E-state index in [1.54, 1.807) is 0 Å². The molecule has 0 atom stereocenters. The number of anilines is 1. The lowest BCUT2D eigenvalue weighted by Crippen LogP contribution is -1.99. The Hall–Kier alpha value is -1.62. The summed E-state index contributed by atoms with van der Waals surface area (Å²) in [4.78, 5) is 11.7. The fourth-order valence-electron chi connectivity index (χ4n) is 1.34. The van der Waals surface area contributed by atoms with Gasteiger partial charge in [-0.25, -0.2) is 0 Å². The second-order valence-electron chi connectivity index (χ2n) is 3.11. The molecule has 0 aliphatic carbocycles. The average molecular weight is 225 g/mol. The Morgan fingerprint density at radius 1 is 1.27 bits per heavy atom. The van der Waals surface area contributed by atoms with Crippen molar-refractivity contribution >= 4 is 17.5 Å². The summed E-state index contributed by atoms with van der Waals surface area (Å²) in [5, 5.41) is 0.0794. The molecule has 78 valence electrons. The van der Waals surface area contributed by atoms with Crippen LogP contribution >= 0.6 is 11.6 Å². The van der Waals surface area contributed by atoms with Gasteiger partial charge in [0, 0.05) is 0 Å². The fourth-order valence-corrected chi connectivity index (χ4v) is 1.51. The van der Waals surface area contributed by atoms with E-state index in [1.165, 1.54) is 0 Å². The summed E-state index contributed by atoms with van der Waals surface area (Å²) in [7, 11) is 0. The maximum absolute atomic E-state index is 5.69. The molecule has 0 saturated heterocycles. The molecule has 0 unspecified atom stereocenters. The van der Waals surface area contributed by atoms with Gasteiger partial charge < -0.3 is 10.2 Å². The van der Waals surface area contributed by atoms with Crippen LogP contribution in [0.25, 0.3) is 11.4 Å². The average Bonchev–Trinajstić information content (AvgIpc) is 2.43. The lowest BCUT2D eigenvalue weighted by molar-refractivity contribution is 0.505. The van der Waals surface area contributed by atoms with Crippen LogP contribution in [0.1, 0.15) is 11.5 Å². The molecule has 15 heavy (non-hydrogen) atoms. The molecule has 2 rings (SSSR count). The van der Waals surface area contributed by atoms with Crippen LogP contribution in [0.5, 0.6) is 0 Å². The van der Waals surface area contributed by atoms with Crippen molar-refractivity contribution in [1.29, 1.82) is 0 Å². The van der Waals surface area contributed by atoms with E-state index in [4.69, 9.17) is 21.8 Å². The van der Waals surface area contributed by atoms with Gasteiger partial charge in [-0.2, -0.15) is 15.0 Å². The van der Waals surface area contributed by atoms with Crippen molar-refractivity contribution in [3.63, 3.8) is 0 Å². The molecule has 0 aliphatic heterocycles. The topological polar surface area (TPSA) is 77.8 Å². The maximum atomic E-state index is 5.69. The Kier molecular flexibility index (Phi) is 2.32. The van der Waals surface area contributed by atoms with Crippen LogP contribution in [0.15, 0.2) is 10.5 Å². The monoisotopic (exact) mass is 224 g/mol. The van der Waals surface area contributed by atoms with E-state index >= 15 is 0 Å². The zero-order valence-electron chi connectivity index (χ0n) is 8.28. The van der Waals surface area contributed by atoms with Crippen molar-refractivity contribution < 1.29 is 4.42 Å². The number of nitrogens with zero attached hydrogens (tertiary/aromatic N) is 3. The molecule has 0 amide bonds. The van der Waals surface area contributed by atoms with E-state index in [2.05, 4.69) is 15.0 Å². The number of hydrogen-bond donors (Lipinski definition) is 1. The first-order valence-electron chi connectivity index (χ1n) is 4.30. The molecular formula is C9H9ClN4O. The number of furan rings is 1. The highest BCUT2D eigenvalue weighted by atomic mass is 35.5. The standard InChI is InChI=1S/C9H9ClN4O/c1-4-3-6(5(2)15-4)7-12-8(10)14-9(11)13-7/h3H,1-2H3,(H2,11,12,13,14). The normalized spacial score (nSPS) is 10.6. The summed E-state index contributed by atoms with van der Waals surface area (Å²) in [5.41, 5.74) is 6.26. The van der Waals surface area contributed by atoms with Gasteiger partial charge in [-0.15, -0.1) is 0 Å². The van der Waals surface area contributed by atoms with E-state index in [0.717, 1.165) is 17.1 Å². The summed E-state index contributed by atoms with van der Waals surface area (Å²) in [5.74, 6) is 2.05. The van der Waals surface area contributed by atoms with Crippen LogP contribution < -0.4 is 5.73 Å². The van der Waals surface area contributed by atoms with Crippen molar-refractivity contribution in [3.8, 4) is 11.4 Å². The van der Waals surface area contributed by atoms with E-state index in [9.17, 15) is 0 Å². The highest BCUT2D eigenvalue weighted by Gasteiger charge is 2.11. The van der Waals surface area contributed by atoms with Crippen LogP contribution in [0.4, 0.5) is 5.95 Å². The smallest absolute Gasteiger partial charge is 0.227 e. The highest BCUT2D eigenvalue weighted by molar-refractivity contribution is 6.28. The van der Waals surface area contributed by atoms with Gasteiger partial charge in [0.15, 0.2) is 5.82 Å². The number of hydrogen-bond acceptors (Lipinski definition) is 5. The van der Waals surface area contributed by atoms with E-state index < -0.39 is 0 Å². The zero-order chi connectivity index (χ0) is 11.0. The van der Waals surface area contributed by atoms with Gasteiger partial charge in [-0.3, -0.25) is 0 Å². The summed E-state index contributed by atoms with van der Waals surface area (Å²) in [6.07, 6.45) is 0. The van der Waals surface area contributed by atoms with Crippen LogP contribution in [-0.2, 0) is 0 Å². The van der Waals surface area contributed by atoms with Crippen molar-refractivity contribution in [3.05, 3.63) is 22.9 Å². The third kappa shape index (κ3) is 1.92. The third-order valence-corrected chi connectivity index (χ3v) is 2.08. The molecule has 0 radical (unpaired) electrons. The fraction of sp³-hybridized carbons (Fsp3) is 0.222. The van der Waals surface area contributed by atoms with Gasteiger partial charge in [-0.1, -0.05) is 0 Å². The number of halogens is 1. The minimum Gasteiger partial charge on any atom is -0.466 e. The second kappa shape index (κ2) is 3.51. The van der Waals surface area contributed by atoms with Gasteiger partial charge in [0.25, 0.3) is 0 Å². The van der Waals surface area contributed by atoms with Crippen LogP contribution in [0.2, 0.25) is 5.28 Å². The maximum Gasteiger partial charge on any atom is 0.227 e. The molecule has 2 aromatic heterocycles. The molecule has 0 fully saturated rings. The van der Waals surface area contributed by atoms with Gasteiger partial charge >= 0.3 is 0 Å². The summed E-state index contributed by atoms with van der Waals surface area (Å²) in [6, 6.07) is 1.83. The highest BCUT2D eigenvalue weighted by Crippen LogP contribution is 2.24. The SMILES string of the molecule is Cc1cc(-c2nc(N)nc(Cl)n2)c(C)o1. The molecule has 0 saturated carbocycles. The lowest BCUT2D eigenvalue weighted by Gasteiger charge is -1.98. The number of nitrogen functional groups attached to an aromatic ring is 1. The second-order valence-corrected chi connectivity index (χ2v) is 3.45. The van der Waals surface area contributed by atoms with Crippen molar-refractivity contribution in [2.24, 2.45) is 0 Å². The molecule has 6 heteroatoms. The third-order valence-electron chi connectivity index (χ3n) is 1.91. The predicted octanol–water partition coefficient (Wildman–Crippen LogP) is 1.98. The van der Waals surface area contributed by atoms with Crippen LogP contribution in [0.3, 0.4) is 0 Å².